The molecule has 1 aliphatic rings. The number of hydrogen-bond donors (Lipinski definition) is 1. The van der Waals surface area contributed by atoms with E-state index < -0.39 is 0 Å². The zero-order valence-electron chi connectivity index (χ0n) is 15.3. The predicted octanol–water partition coefficient (Wildman–Crippen LogP) is 4.23. The molecule has 1 fully saturated rings. The highest BCUT2D eigenvalue weighted by atomic mass is 16.3. The summed E-state index contributed by atoms with van der Waals surface area (Å²) in [6, 6.07) is 17.1. The van der Waals surface area contributed by atoms with Gasteiger partial charge in [-0.1, -0.05) is 29.8 Å². The average molecular weight is 362 g/mol. The van der Waals surface area contributed by atoms with Crippen LogP contribution in [-0.4, -0.2) is 29.8 Å². The molecule has 0 unspecified atom stereocenters. The van der Waals surface area contributed by atoms with Crippen LogP contribution in [0.2, 0.25) is 0 Å². The van der Waals surface area contributed by atoms with Gasteiger partial charge in [0.1, 0.15) is 5.58 Å². The Hall–Kier alpha value is -3.08. The van der Waals surface area contributed by atoms with Crippen LogP contribution >= 0.6 is 0 Å². The molecule has 0 bridgehead atoms. The summed E-state index contributed by atoms with van der Waals surface area (Å²) in [6.45, 7) is 3.13. The van der Waals surface area contributed by atoms with Crippen LogP contribution in [0.4, 0.5) is 5.69 Å². The zero-order valence-corrected chi connectivity index (χ0v) is 15.3. The molecule has 1 saturated heterocycles. The standard InChI is InChI=1S/C22H22N2O3/c1-15-7-8-19-17(13-15)14-20(27-19)22(26)24-11-9-16(10-12-24)21(25)23-18-5-3-2-4-6-18/h2-8,13-14,16H,9-12H2,1H3,(H,23,25). The van der Waals surface area contributed by atoms with Crippen molar-refractivity contribution in [1.82, 2.24) is 4.90 Å². The van der Waals surface area contributed by atoms with Gasteiger partial charge in [0.05, 0.1) is 0 Å². The van der Waals surface area contributed by atoms with Gasteiger partial charge in [-0.2, -0.15) is 0 Å². The van der Waals surface area contributed by atoms with E-state index in [0.717, 1.165) is 22.2 Å². The number of rotatable bonds is 3. The van der Waals surface area contributed by atoms with Crippen molar-refractivity contribution in [3.05, 3.63) is 65.9 Å². The quantitative estimate of drug-likeness (QED) is 0.758. The Morgan fingerprint density at radius 1 is 1.04 bits per heavy atom. The second kappa shape index (κ2) is 7.27. The van der Waals surface area contributed by atoms with Gasteiger partial charge in [0.25, 0.3) is 5.91 Å². The number of aryl methyl sites for hydroxylation is 1. The van der Waals surface area contributed by atoms with E-state index in [0.29, 0.717) is 31.7 Å². The van der Waals surface area contributed by atoms with Crippen molar-refractivity contribution < 1.29 is 14.0 Å². The number of fused-ring (bicyclic) bond motifs is 1. The van der Waals surface area contributed by atoms with Gasteiger partial charge >= 0.3 is 0 Å². The molecule has 2 aromatic carbocycles. The van der Waals surface area contributed by atoms with Gasteiger partial charge in [-0.25, -0.2) is 0 Å². The largest absolute Gasteiger partial charge is 0.451 e. The molecule has 0 saturated carbocycles. The number of para-hydroxylation sites is 1. The summed E-state index contributed by atoms with van der Waals surface area (Å²) >= 11 is 0. The normalized spacial score (nSPS) is 15.1. The van der Waals surface area contributed by atoms with E-state index in [-0.39, 0.29) is 17.7 Å². The average Bonchev–Trinajstić information content (AvgIpc) is 3.11. The Bertz CT molecular complexity index is 970. The molecule has 5 heteroatoms. The van der Waals surface area contributed by atoms with Crippen LogP contribution in [0.3, 0.4) is 0 Å². The Labute approximate surface area is 158 Å². The maximum Gasteiger partial charge on any atom is 0.289 e. The molecule has 1 aromatic heterocycles. The molecule has 0 aliphatic carbocycles. The minimum Gasteiger partial charge on any atom is -0.451 e. The van der Waals surface area contributed by atoms with Crippen molar-refractivity contribution >= 4 is 28.5 Å². The van der Waals surface area contributed by atoms with Crippen molar-refractivity contribution in [2.24, 2.45) is 5.92 Å². The van der Waals surface area contributed by atoms with Crippen molar-refractivity contribution in [1.29, 1.82) is 0 Å². The molecular formula is C22H22N2O3. The van der Waals surface area contributed by atoms with Crippen molar-refractivity contribution in [3.63, 3.8) is 0 Å². The van der Waals surface area contributed by atoms with E-state index in [9.17, 15) is 9.59 Å². The number of likely N-dealkylation sites (tertiary alicyclic amines) is 1. The van der Waals surface area contributed by atoms with Gasteiger partial charge in [0.2, 0.25) is 5.91 Å². The minimum absolute atomic E-state index is 0.0208. The summed E-state index contributed by atoms with van der Waals surface area (Å²) in [5.41, 5.74) is 2.66. The third-order valence-corrected chi connectivity index (χ3v) is 5.08. The highest BCUT2D eigenvalue weighted by molar-refractivity contribution is 5.97. The van der Waals surface area contributed by atoms with Crippen LogP contribution in [0.15, 0.2) is 59.0 Å². The smallest absolute Gasteiger partial charge is 0.289 e. The third kappa shape index (κ3) is 3.72. The highest BCUT2D eigenvalue weighted by Crippen LogP contribution is 2.25. The lowest BCUT2D eigenvalue weighted by atomic mass is 9.95. The fourth-order valence-electron chi connectivity index (χ4n) is 3.53. The first-order valence-electron chi connectivity index (χ1n) is 9.25. The lowest BCUT2D eigenvalue weighted by Crippen LogP contribution is -2.41. The summed E-state index contributed by atoms with van der Waals surface area (Å²) in [7, 11) is 0. The topological polar surface area (TPSA) is 62.6 Å². The number of anilines is 1. The number of carbonyl (C=O) groups excluding carboxylic acids is 2. The number of amides is 2. The number of piperidine rings is 1. The summed E-state index contributed by atoms with van der Waals surface area (Å²) in [5.74, 6) is 0.202. The molecule has 27 heavy (non-hydrogen) atoms. The van der Waals surface area contributed by atoms with Gasteiger partial charge in [0, 0.05) is 30.1 Å². The van der Waals surface area contributed by atoms with Crippen LogP contribution in [0.25, 0.3) is 11.0 Å². The second-order valence-electron chi connectivity index (χ2n) is 7.07. The molecule has 0 spiro atoms. The summed E-state index contributed by atoms with van der Waals surface area (Å²) in [4.78, 5) is 27.0. The zero-order chi connectivity index (χ0) is 18.8. The fourth-order valence-corrected chi connectivity index (χ4v) is 3.53. The monoisotopic (exact) mass is 362 g/mol. The van der Waals surface area contributed by atoms with Crippen molar-refractivity contribution in [3.8, 4) is 0 Å². The predicted molar refractivity (Wildman–Crippen MR) is 105 cm³/mol. The maximum absolute atomic E-state index is 12.8. The van der Waals surface area contributed by atoms with Crippen LogP contribution in [0.5, 0.6) is 0 Å². The molecule has 1 N–H and O–H groups in total. The Kier molecular flexibility index (Phi) is 4.67. The molecule has 2 amide bonds. The first kappa shape index (κ1) is 17.3. The van der Waals surface area contributed by atoms with Gasteiger partial charge in [-0.15, -0.1) is 0 Å². The Morgan fingerprint density at radius 2 is 1.78 bits per heavy atom. The van der Waals surface area contributed by atoms with E-state index >= 15 is 0 Å². The van der Waals surface area contributed by atoms with E-state index in [1.165, 1.54) is 0 Å². The molecule has 5 nitrogen and oxygen atoms in total. The molecule has 1 aliphatic heterocycles. The Morgan fingerprint density at radius 3 is 2.52 bits per heavy atom. The van der Waals surface area contributed by atoms with E-state index in [4.69, 9.17) is 4.42 Å². The number of carbonyl (C=O) groups is 2. The van der Waals surface area contributed by atoms with Crippen molar-refractivity contribution in [2.45, 2.75) is 19.8 Å². The molecular weight excluding hydrogens is 340 g/mol. The van der Waals surface area contributed by atoms with Gasteiger partial charge < -0.3 is 14.6 Å². The molecule has 3 aromatic rings. The van der Waals surface area contributed by atoms with Gasteiger partial charge in [0.15, 0.2) is 5.76 Å². The lowest BCUT2D eigenvalue weighted by Gasteiger charge is -2.30. The molecule has 2 heterocycles. The number of benzene rings is 2. The summed E-state index contributed by atoms with van der Waals surface area (Å²) in [5, 5.41) is 3.89. The SMILES string of the molecule is Cc1ccc2oc(C(=O)N3CCC(C(=O)Nc4ccccc4)CC3)cc2c1. The lowest BCUT2D eigenvalue weighted by molar-refractivity contribution is -0.121. The van der Waals surface area contributed by atoms with E-state index in [1.807, 2.05) is 55.5 Å². The van der Waals surface area contributed by atoms with Crippen LogP contribution < -0.4 is 5.32 Å². The number of nitrogens with one attached hydrogen (secondary N) is 1. The van der Waals surface area contributed by atoms with Crippen LogP contribution in [0, 0.1) is 12.8 Å². The minimum atomic E-state index is -0.106. The van der Waals surface area contributed by atoms with Crippen LogP contribution in [-0.2, 0) is 4.79 Å². The summed E-state index contributed by atoms with van der Waals surface area (Å²) < 4.78 is 5.72. The first-order chi connectivity index (χ1) is 13.1. The maximum atomic E-state index is 12.8. The Balaban J connectivity index is 1.38. The highest BCUT2D eigenvalue weighted by Gasteiger charge is 2.29. The van der Waals surface area contributed by atoms with Crippen molar-refractivity contribution in [2.75, 3.05) is 18.4 Å². The molecule has 4 rings (SSSR count). The first-order valence-corrected chi connectivity index (χ1v) is 9.25. The molecule has 138 valence electrons. The fraction of sp³-hybridized carbons (Fsp3) is 0.273. The number of nitrogens with zero attached hydrogens (tertiary/aromatic N) is 1. The van der Waals surface area contributed by atoms with Gasteiger partial charge in [-0.3, -0.25) is 9.59 Å². The molecule has 0 radical (unpaired) electrons. The van der Waals surface area contributed by atoms with Crippen LogP contribution in [0.1, 0.15) is 29.0 Å². The third-order valence-electron chi connectivity index (χ3n) is 5.08. The number of furan rings is 1. The second-order valence-corrected chi connectivity index (χ2v) is 7.07. The molecule has 0 atom stereocenters. The van der Waals surface area contributed by atoms with Gasteiger partial charge in [-0.05, 0) is 50.1 Å². The summed E-state index contributed by atoms with van der Waals surface area (Å²) in [6.07, 6.45) is 1.31. The van der Waals surface area contributed by atoms with E-state index in [2.05, 4.69) is 5.32 Å². The number of hydrogen-bond acceptors (Lipinski definition) is 3. The van der Waals surface area contributed by atoms with E-state index in [1.54, 1.807) is 11.0 Å².